The van der Waals surface area contributed by atoms with E-state index in [0.29, 0.717) is 22.5 Å². The lowest BCUT2D eigenvalue weighted by Crippen LogP contribution is -2.36. The first-order chi connectivity index (χ1) is 8.13. The fourth-order valence-electron chi connectivity index (χ4n) is 3.44. The molecule has 1 nitrogen and oxygen atoms in total. The number of alkyl halides is 1. The Labute approximate surface area is 115 Å². The predicted molar refractivity (Wildman–Crippen MR) is 76.8 cm³/mol. The summed E-state index contributed by atoms with van der Waals surface area (Å²) in [6, 6.07) is 0. The third kappa shape index (κ3) is 3.13. The van der Waals surface area contributed by atoms with Crippen molar-refractivity contribution in [2.45, 2.75) is 62.7 Å². The smallest absolute Gasteiger partial charge is 0.0669 e. The summed E-state index contributed by atoms with van der Waals surface area (Å²) < 4.78 is 0. The lowest BCUT2D eigenvalue weighted by atomic mass is 9.72. The Morgan fingerprint density at radius 1 is 1.35 bits per heavy atom. The maximum atomic E-state index is 10.0. The second kappa shape index (κ2) is 6.16. The van der Waals surface area contributed by atoms with Gasteiger partial charge in [-0.2, -0.15) is 11.8 Å². The first-order valence-electron chi connectivity index (χ1n) is 7.07. The Morgan fingerprint density at radius 3 is 2.71 bits per heavy atom. The summed E-state index contributed by atoms with van der Waals surface area (Å²) in [6.07, 6.45) is 5.75. The Kier molecular flexibility index (Phi) is 5.08. The summed E-state index contributed by atoms with van der Waals surface area (Å²) in [4.78, 5) is 0. The van der Waals surface area contributed by atoms with Crippen molar-refractivity contribution in [3.63, 3.8) is 0 Å². The molecule has 1 aliphatic carbocycles. The lowest BCUT2D eigenvalue weighted by Gasteiger charge is -2.39. The van der Waals surface area contributed by atoms with Crippen LogP contribution in [0, 0.1) is 17.8 Å². The molecule has 6 atom stereocenters. The molecule has 6 unspecified atom stereocenters. The van der Waals surface area contributed by atoms with Crippen LogP contribution in [0.3, 0.4) is 0 Å². The summed E-state index contributed by atoms with van der Waals surface area (Å²) in [5.74, 6) is 3.23. The maximum absolute atomic E-state index is 10.0. The van der Waals surface area contributed by atoms with E-state index in [9.17, 15) is 5.11 Å². The molecule has 1 aliphatic heterocycles. The Bertz CT molecular complexity index is 244. The molecule has 0 aromatic carbocycles. The number of thioether (sulfide) groups is 1. The summed E-state index contributed by atoms with van der Waals surface area (Å²) in [5.41, 5.74) is 0. The van der Waals surface area contributed by atoms with Gasteiger partial charge in [-0.1, -0.05) is 20.3 Å². The average molecular weight is 277 g/mol. The summed E-state index contributed by atoms with van der Waals surface area (Å²) in [7, 11) is 0. The van der Waals surface area contributed by atoms with Crippen LogP contribution in [0.15, 0.2) is 0 Å². The predicted octanol–water partition coefficient (Wildman–Crippen LogP) is 3.92. The molecule has 3 heteroatoms. The van der Waals surface area contributed by atoms with Crippen LogP contribution in [0.5, 0.6) is 0 Å². The van der Waals surface area contributed by atoms with Gasteiger partial charge in [0.15, 0.2) is 0 Å². The van der Waals surface area contributed by atoms with Crippen LogP contribution in [0.4, 0.5) is 0 Å². The zero-order valence-electron chi connectivity index (χ0n) is 10.9. The highest BCUT2D eigenvalue weighted by molar-refractivity contribution is 8.00. The number of hydrogen-bond acceptors (Lipinski definition) is 2. The number of hydrogen-bond donors (Lipinski definition) is 1. The normalized spacial score (nSPS) is 44.8. The van der Waals surface area contributed by atoms with Crippen LogP contribution < -0.4 is 0 Å². The van der Waals surface area contributed by atoms with Crippen LogP contribution in [0.2, 0.25) is 0 Å². The van der Waals surface area contributed by atoms with Crippen LogP contribution in [-0.4, -0.2) is 27.6 Å². The van der Waals surface area contributed by atoms with Crippen LogP contribution >= 0.6 is 23.4 Å². The van der Waals surface area contributed by atoms with Crippen molar-refractivity contribution < 1.29 is 5.11 Å². The molecule has 1 saturated carbocycles. The quantitative estimate of drug-likeness (QED) is 0.789. The first kappa shape index (κ1) is 14.0. The van der Waals surface area contributed by atoms with E-state index in [4.69, 9.17) is 11.6 Å². The molecule has 2 aliphatic rings. The molecule has 0 aromatic heterocycles. The number of halogens is 1. The zero-order valence-corrected chi connectivity index (χ0v) is 12.5. The number of aliphatic hydroxyl groups is 1. The van der Waals surface area contributed by atoms with Crippen LogP contribution in [0.1, 0.15) is 46.0 Å². The molecule has 0 bridgehead atoms. The lowest BCUT2D eigenvalue weighted by molar-refractivity contribution is 0.122. The van der Waals surface area contributed by atoms with Gasteiger partial charge < -0.3 is 5.11 Å². The van der Waals surface area contributed by atoms with E-state index in [-0.39, 0.29) is 6.10 Å². The highest BCUT2D eigenvalue weighted by Crippen LogP contribution is 2.45. The van der Waals surface area contributed by atoms with Gasteiger partial charge in [-0.3, -0.25) is 0 Å². The molecule has 0 aromatic rings. The van der Waals surface area contributed by atoms with Crippen molar-refractivity contribution in [1.29, 1.82) is 0 Å². The molecule has 0 radical (unpaired) electrons. The standard InChI is InChI=1S/C14H25ClOS/c1-3-9(2)11-8-10(4-5-12(11)15)14-13(16)6-7-17-14/h9-14,16H,3-8H2,1-2H3. The van der Waals surface area contributed by atoms with Gasteiger partial charge in [0.05, 0.1) is 6.10 Å². The van der Waals surface area contributed by atoms with Gasteiger partial charge in [-0.25, -0.2) is 0 Å². The minimum absolute atomic E-state index is 0.0607. The number of aliphatic hydroxyl groups excluding tert-OH is 1. The first-order valence-corrected chi connectivity index (χ1v) is 8.55. The van der Waals surface area contributed by atoms with Gasteiger partial charge in [0.1, 0.15) is 0 Å². The molecule has 0 spiro atoms. The Balaban J connectivity index is 1.97. The minimum Gasteiger partial charge on any atom is -0.392 e. The van der Waals surface area contributed by atoms with Gasteiger partial charge in [-0.15, -0.1) is 11.6 Å². The van der Waals surface area contributed by atoms with Crippen molar-refractivity contribution in [2.24, 2.45) is 17.8 Å². The van der Waals surface area contributed by atoms with Crippen LogP contribution in [-0.2, 0) is 0 Å². The fraction of sp³-hybridized carbons (Fsp3) is 1.00. The summed E-state index contributed by atoms with van der Waals surface area (Å²) in [6.45, 7) is 4.59. The minimum atomic E-state index is -0.0607. The third-order valence-electron chi connectivity index (χ3n) is 4.80. The van der Waals surface area contributed by atoms with Gasteiger partial charge >= 0.3 is 0 Å². The van der Waals surface area contributed by atoms with E-state index in [1.54, 1.807) is 0 Å². The average Bonchev–Trinajstić information content (AvgIpc) is 2.75. The SMILES string of the molecule is CCC(C)C1CC(C2SCCC2O)CCC1Cl. The molecule has 1 saturated heterocycles. The van der Waals surface area contributed by atoms with Gasteiger partial charge in [0.2, 0.25) is 0 Å². The molecular weight excluding hydrogens is 252 g/mol. The molecule has 0 amide bonds. The maximum Gasteiger partial charge on any atom is 0.0669 e. The highest BCUT2D eigenvalue weighted by atomic mass is 35.5. The van der Waals surface area contributed by atoms with E-state index in [1.807, 2.05) is 11.8 Å². The van der Waals surface area contributed by atoms with Crippen molar-refractivity contribution in [3.8, 4) is 0 Å². The molecule has 2 fully saturated rings. The third-order valence-corrected chi connectivity index (χ3v) is 6.89. The molecule has 1 heterocycles. The highest BCUT2D eigenvalue weighted by Gasteiger charge is 2.39. The summed E-state index contributed by atoms with van der Waals surface area (Å²) >= 11 is 8.48. The van der Waals surface area contributed by atoms with E-state index in [1.165, 1.54) is 19.3 Å². The largest absolute Gasteiger partial charge is 0.392 e. The van der Waals surface area contributed by atoms with Gasteiger partial charge in [0, 0.05) is 10.6 Å². The fourth-order valence-corrected chi connectivity index (χ4v) is 5.45. The monoisotopic (exact) mass is 276 g/mol. The summed E-state index contributed by atoms with van der Waals surface area (Å²) in [5, 5.41) is 10.9. The molecular formula is C14H25ClOS. The number of rotatable bonds is 3. The van der Waals surface area contributed by atoms with E-state index in [0.717, 1.165) is 24.5 Å². The van der Waals surface area contributed by atoms with Crippen molar-refractivity contribution in [1.82, 2.24) is 0 Å². The second-order valence-corrected chi connectivity index (χ2v) is 7.68. The second-order valence-electron chi connectivity index (χ2n) is 5.83. The van der Waals surface area contributed by atoms with Gasteiger partial charge in [0.25, 0.3) is 0 Å². The molecule has 17 heavy (non-hydrogen) atoms. The molecule has 100 valence electrons. The Hall–Kier alpha value is 0.600. The molecule has 2 rings (SSSR count). The Morgan fingerprint density at radius 2 is 2.12 bits per heavy atom. The van der Waals surface area contributed by atoms with Gasteiger partial charge in [-0.05, 0) is 49.2 Å². The van der Waals surface area contributed by atoms with Crippen molar-refractivity contribution in [2.75, 3.05) is 5.75 Å². The topological polar surface area (TPSA) is 20.2 Å². The van der Waals surface area contributed by atoms with E-state index in [2.05, 4.69) is 13.8 Å². The van der Waals surface area contributed by atoms with Crippen molar-refractivity contribution in [3.05, 3.63) is 0 Å². The van der Waals surface area contributed by atoms with Crippen LogP contribution in [0.25, 0.3) is 0 Å². The van der Waals surface area contributed by atoms with Crippen molar-refractivity contribution >= 4 is 23.4 Å². The van der Waals surface area contributed by atoms with E-state index >= 15 is 0 Å². The zero-order chi connectivity index (χ0) is 12.4. The molecule has 1 N–H and O–H groups in total. The van der Waals surface area contributed by atoms with E-state index < -0.39 is 0 Å².